The highest BCUT2D eigenvalue weighted by Gasteiger charge is 2.15. The molecule has 0 bridgehead atoms. The van der Waals surface area contributed by atoms with Gasteiger partial charge in [0, 0.05) is 5.92 Å². The van der Waals surface area contributed by atoms with Crippen LogP contribution in [0.3, 0.4) is 0 Å². The van der Waals surface area contributed by atoms with Crippen LogP contribution in [-0.2, 0) is 10.0 Å². The summed E-state index contributed by atoms with van der Waals surface area (Å²) in [6.45, 7) is 8.37. The van der Waals surface area contributed by atoms with Crippen LogP contribution in [0.5, 0.6) is 5.75 Å². The molecule has 4 nitrogen and oxygen atoms in total. The van der Waals surface area contributed by atoms with Crippen LogP contribution in [-0.4, -0.2) is 20.8 Å². The SMILES string of the molecule is CCC(COc1cc(C)cc(C)c1C)CS(N)(=O)=O. The van der Waals surface area contributed by atoms with Crippen LogP contribution in [0.15, 0.2) is 12.1 Å². The zero-order valence-electron chi connectivity index (χ0n) is 12.1. The first-order chi connectivity index (χ1) is 8.73. The number of primary sulfonamides is 1. The Morgan fingerprint density at radius 2 is 1.89 bits per heavy atom. The molecular formula is C14H23NO3S. The van der Waals surface area contributed by atoms with Crippen LogP contribution in [0.1, 0.15) is 30.0 Å². The molecule has 108 valence electrons. The van der Waals surface area contributed by atoms with Crippen molar-refractivity contribution in [2.75, 3.05) is 12.4 Å². The molecule has 0 saturated carbocycles. The van der Waals surface area contributed by atoms with Crippen molar-refractivity contribution in [1.82, 2.24) is 0 Å². The number of benzene rings is 1. The predicted octanol–water partition coefficient (Wildman–Crippen LogP) is 2.31. The van der Waals surface area contributed by atoms with Gasteiger partial charge in [0.15, 0.2) is 0 Å². The molecule has 0 fully saturated rings. The number of nitrogens with two attached hydrogens (primary N) is 1. The van der Waals surface area contributed by atoms with Crippen LogP contribution in [0, 0.1) is 26.7 Å². The van der Waals surface area contributed by atoms with Gasteiger partial charge in [-0.3, -0.25) is 0 Å². The molecule has 0 radical (unpaired) electrons. The van der Waals surface area contributed by atoms with Gasteiger partial charge in [-0.25, -0.2) is 13.6 Å². The minimum absolute atomic E-state index is 0.0344. The molecule has 0 aliphatic rings. The van der Waals surface area contributed by atoms with Crippen LogP contribution < -0.4 is 9.88 Å². The monoisotopic (exact) mass is 285 g/mol. The van der Waals surface area contributed by atoms with E-state index in [9.17, 15) is 8.42 Å². The van der Waals surface area contributed by atoms with E-state index in [0.717, 1.165) is 23.3 Å². The van der Waals surface area contributed by atoms with Crippen molar-refractivity contribution < 1.29 is 13.2 Å². The fraction of sp³-hybridized carbons (Fsp3) is 0.571. The molecule has 0 spiro atoms. The first kappa shape index (κ1) is 16.0. The van der Waals surface area contributed by atoms with Crippen LogP contribution in [0.2, 0.25) is 0 Å². The smallest absolute Gasteiger partial charge is 0.209 e. The molecular weight excluding hydrogens is 262 g/mol. The summed E-state index contributed by atoms with van der Waals surface area (Å²) in [7, 11) is -3.45. The van der Waals surface area contributed by atoms with Gasteiger partial charge < -0.3 is 4.74 Å². The number of sulfonamides is 1. The number of ether oxygens (including phenoxy) is 1. The third-order valence-corrected chi connectivity index (χ3v) is 4.22. The molecule has 2 N–H and O–H groups in total. The van der Waals surface area contributed by atoms with Gasteiger partial charge in [-0.1, -0.05) is 13.0 Å². The van der Waals surface area contributed by atoms with Gasteiger partial charge >= 0.3 is 0 Å². The van der Waals surface area contributed by atoms with Gasteiger partial charge in [0.25, 0.3) is 0 Å². The van der Waals surface area contributed by atoms with Crippen LogP contribution in [0.25, 0.3) is 0 Å². The Morgan fingerprint density at radius 3 is 2.42 bits per heavy atom. The van der Waals surface area contributed by atoms with Crippen molar-refractivity contribution in [3.8, 4) is 5.75 Å². The zero-order chi connectivity index (χ0) is 14.6. The molecule has 0 saturated heterocycles. The van der Waals surface area contributed by atoms with Gasteiger partial charge in [-0.15, -0.1) is 0 Å². The van der Waals surface area contributed by atoms with E-state index in [-0.39, 0.29) is 11.7 Å². The van der Waals surface area contributed by atoms with Gasteiger partial charge in [-0.05, 0) is 49.9 Å². The largest absolute Gasteiger partial charge is 0.493 e. The lowest BCUT2D eigenvalue weighted by Gasteiger charge is -2.17. The Hall–Kier alpha value is -1.07. The minimum atomic E-state index is -3.45. The van der Waals surface area contributed by atoms with Crippen LogP contribution >= 0.6 is 0 Å². The standard InChI is InChI=1S/C14H23NO3S/c1-5-13(9-19(15,16)17)8-18-14-7-10(2)6-11(3)12(14)4/h6-7,13H,5,8-9H2,1-4H3,(H2,15,16,17). The van der Waals surface area contributed by atoms with Crippen molar-refractivity contribution in [2.24, 2.45) is 11.1 Å². The first-order valence-corrected chi connectivity index (χ1v) is 8.15. The molecule has 0 heterocycles. The van der Waals surface area contributed by atoms with Crippen molar-refractivity contribution >= 4 is 10.0 Å². The summed E-state index contributed by atoms with van der Waals surface area (Å²) in [6.07, 6.45) is 0.722. The molecule has 19 heavy (non-hydrogen) atoms. The van der Waals surface area contributed by atoms with Gasteiger partial charge in [0.1, 0.15) is 5.75 Å². The number of hydrogen-bond donors (Lipinski definition) is 1. The van der Waals surface area contributed by atoms with E-state index in [1.807, 2.05) is 33.8 Å². The third kappa shape index (κ3) is 5.20. The number of rotatable bonds is 6. The Bertz CT molecular complexity index is 538. The van der Waals surface area contributed by atoms with Crippen molar-refractivity contribution in [2.45, 2.75) is 34.1 Å². The average molecular weight is 285 g/mol. The van der Waals surface area contributed by atoms with Crippen molar-refractivity contribution in [3.05, 3.63) is 28.8 Å². The number of aryl methyl sites for hydroxylation is 2. The zero-order valence-corrected chi connectivity index (χ0v) is 12.9. The third-order valence-electron chi connectivity index (χ3n) is 3.28. The maximum atomic E-state index is 11.1. The molecule has 1 unspecified atom stereocenters. The predicted molar refractivity (Wildman–Crippen MR) is 77.9 cm³/mol. The highest BCUT2D eigenvalue weighted by atomic mass is 32.2. The lowest BCUT2D eigenvalue weighted by Crippen LogP contribution is -2.26. The lowest BCUT2D eigenvalue weighted by molar-refractivity contribution is 0.256. The topological polar surface area (TPSA) is 69.4 Å². The normalized spacial score (nSPS) is 13.3. The van der Waals surface area contributed by atoms with Crippen molar-refractivity contribution in [3.63, 3.8) is 0 Å². The molecule has 0 aliphatic heterocycles. The van der Waals surface area contributed by atoms with Crippen molar-refractivity contribution in [1.29, 1.82) is 0 Å². The molecule has 0 aliphatic carbocycles. The molecule has 5 heteroatoms. The van der Waals surface area contributed by atoms with E-state index in [0.29, 0.717) is 6.61 Å². The Balaban J connectivity index is 2.75. The second kappa shape index (κ2) is 6.39. The fourth-order valence-corrected chi connectivity index (χ4v) is 2.96. The summed E-state index contributed by atoms with van der Waals surface area (Å²) in [6, 6.07) is 4.08. The van der Waals surface area contributed by atoms with E-state index < -0.39 is 10.0 Å². The number of hydrogen-bond acceptors (Lipinski definition) is 3. The minimum Gasteiger partial charge on any atom is -0.493 e. The summed E-state index contributed by atoms with van der Waals surface area (Å²) in [5, 5.41) is 5.08. The van der Waals surface area contributed by atoms with E-state index in [1.54, 1.807) is 0 Å². The molecule has 0 aromatic heterocycles. The second-order valence-corrected chi connectivity index (χ2v) is 6.78. The lowest BCUT2D eigenvalue weighted by atomic mass is 10.1. The highest BCUT2D eigenvalue weighted by Crippen LogP contribution is 2.24. The highest BCUT2D eigenvalue weighted by molar-refractivity contribution is 7.89. The average Bonchev–Trinajstić information content (AvgIpc) is 2.28. The summed E-state index contributed by atoms with van der Waals surface area (Å²) in [5.74, 6) is 0.716. The van der Waals surface area contributed by atoms with Gasteiger partial charge in [0.05, 0.1) is 12.4 Å². The van der Waals surface area contributed by atoms with Gasteiger partial charge in [0.2, 0.25) is 10.0 Å². The first-order valence-electron chi connectivity index (χ1n) is 6.44. The summed E-state index contributed by atoms with van der Waals surface area (Å²) in [4.78, 5) is 0. The van der Waals surface area contributed by atoms with E-state index >= 15 is 0 Å². The van der Waals surface area contributed by atoms with E-state index in [4.69, 9.17) is 9.88 Å². The summed E-state index contributed by atoms with van der Waals surface area (Å²) >= 11 is 0. The Morgan fingerprint density at radius 1 is 1.26 bits per heavy atom. The quantitative estimate of drug-likeness (QED) is 0.872. The maximum absolute atomic E-state index is 11.1. The molecule has 1 aromatic carbocycles. The summed E-state index contributed by atoms with van der Waals surface area (Å²) < 4.78 is 28.0. The maximum Gasteiger partial charge on any atom is 0.209 e. The van der Waals surface area contributed by atoms with Crippen LogP contribution in [0.4, 0.5) is 0 Å². The fourth-order valence-electron chi connectivity index (χ4n) is 1.97. The summed E-state index contributed by atoms with van der Waals surface area (Å²) in [5.41, 5.74) is 3.41. The van der Waals surface area contributed by atoms with Gasteiger partial charge in [-0.2, -0.15) is 0 Å². The second-order valence-electron chi connectivity index (χ2n) is 5.12. The Labute approximate surface area is 116 Å². The molecule has 1 atom stereocenters. The Kier molecular flexibility index (Phi) is 5.38. The molecule has 1 rings (SSSR count). The van der Waals surface area contributed by atoms with E-state index in [1.165, 1.54) is 5.56 Å². The molecule has 1 aromatic rings. The van der Waals surface area contributed by atoms with E-state index in [2.05, 4.69) is 6.07 Å². The molecule has 0 amide bonds.